The minimum atomic E-state index is -1.30. The predicted molar refractivity (Wildman–Crippen MR) is 144 cm³/mol. The first kappa shape index (κ1) is 27.0. The number of benzene rings is 3. The zero-order chi connectivity index (χ0) is 28.1. The first-order valence-corrected chi connectivity index (χ1v) is 12.6. The molecular formula is C29H26FN5O5. The third-order valence-corrected chi connectivity index (χ3v) is 6.99. The van der Waals surface area contributed by atoms with E-state index in [1.54, 1.807) is 0 Å². The lowest BCUT2D eigenvalue weighted by molar-refractivity contribution is -0.185. The molecule has 0 bridgehead atoms. The zero-order valence-corrected chi connectivity index (χ0v) is 21.2. The van der Waals surface area contributed by atoms with Crippen molar-refractivity contribution >= 4 is 0 Å². The van der Waals surface area contributed by atoms with Crippen LogP contribution in [0.4, 0.5) is 4.39 Å². The molecule has 1 aromatic heterocycles. The van der Waals surface area contributed by atoms with Gasteiger partial charge in [-0.05, 0) is 22.2 Å². The summed E-state index contributed by atoms with van der Waals surface area (Å²) < 4.78 is 27.8. The van der Waals surface area contributed by atoms with E-state index in [-0.39, 0.29) is 13.0 Å². The number of aromatic amines is 1. The SMILES string of the molecule is [N-]=[N+]=N[C@@H]1C[C@H](n2cc(F)c(=O)[nH]c2=O)O[C@H](COC(c2ccccc2)(c2ccccc2)c2ccccc2)[C@H]1O. The van der Waals surface area contributed by atoms with Crippen LogP contribution in [0.25, 0.3) is 10.4 Å². The average Bonchev–Trinajstić information content (AvgIpc) is 2.99. The average molecular weight is 544 g/mol. The molecule has 11 heteroatoms. The molecule has 1 fully saturated rings. The summed E-state index contributed by atoms with van der Waals surface area (Å²) in [5.74, 6) is -1.18. The molecule has 4 atom stereocenters. The van der Waals surface area contributed by atoms with E-state index in [9.17, 15) is 19.1 Å². The minimum absolute atomic E-state index is 0.131. The van der Waals surface area contributed by atoms with Crippen molar-refractivity contribution in [1.82, 2.24) is 9.55 Å². The van der Waals surface area contributed by atoms with Crippen LogP contribution in [-0.4, -0.2) is 39.5 Å². The lowest BCUT2D eigenvalue weighted by atomic mass is 9.80. The van der Waals surface area contributed by atoms with Crippen LogP contribution in [-0.2, 0) is 15.1 Å². The number of hydrogen-bond acceptors (Lipinski definition) is 6. The Morgan fingerprint density at radius 3 is 2.02 bits per heavy atom. The largest absolute Gasteiger partial charge is 0.390 e. The van der Waals surface area contributed by atoms with E-state index in [1.165, 1.54) is 0 Å². The van der Waals surface area contributed by atoms with Crippen molar-refractivity contribution < 1.29 is 19.0 Å². The number of hydrogen-bond donors (Lipinski definition) is 2. The second-order valence-electron chi connectivity index (χ2n) is 9.36. The van der Waals surface area contributed by atoms with Crippen LogP contribution in [0.3, 0.4) is 0 Å². The molecule has 1 saturated heterocycles. The maximum absolute atomic E-state index is 14.1. The maximum Gasteiger partial charge on any atom is 0.330 e. The summed E-state index contributed by atoms with van der Waals surface area (Å²) in [6.45, 7) is -0.200. The predicted octanol–water partition coefficient (Wildman–Crippen LogP) is 4.01. The van der Waals surface area contributed by atoms with Crippen LogP contribution < -0.4 is 11.2 Å². The Kier molecular flexibility index (Phi) is 7.90. The smallest absolute Gasteiger partial charge is 0.330 e. The molecular weight excluding hydrogens is 517 g/mol. The molecule has 10 nitrogen and oxygen atoms in total. The van der Waals surface area contributed by atoms with Gasteiger partial charge in [0.05, 0.1) is 24.9 Å². The molecule has 0 radical (unpaired) electrons. The highest BCUT2D eigenvalue weighted by Gasteiger charge is 2.43. The van der Waals surface area contributed by atoms with Gasteiger partial charge in [0, 0.05) is 11.3 Å². The van der Waals surface area contributed by atoms with Crippen molar-refractivity contribution in [2.45, 2.75) is 36.5 Å². The van der Waals surface area contributed by atoms with Gasteiger partial charge in [-0.25, -0.2) is 4.79 Å². The standard InChI is InChI=1S/C29H26FN5O5/c30-22-17-35(28(38)32-27(22)37)25-16-23(33-34-31)26(36)24(40-25)18-39-29(19-10-4-1-5-11-19,20-12-6-2-7-13-20)21-14-8-3-9-15-21/h1-15,17,23-26,36H,16,18H2,(H,32,37,38)/t23-,24-,25-,26+/m1/s1. The van der Waals surface area contributed by atoms with E-state index < -0.39 is 47.1 Å². The van der Waals surface area contributed by atoms with Gasteiger partial charge in [-0.15, -0.1) is 0 Å². The van der Waals surface area contributed by atoms with Gasteiger partial charge in [-0.1, -0.05) is 96.1 Å². The van der Waals surface area contributed by atoms with E-state index >= 15 is 0 Å². The summed E-state index contributed by atoms with van der Waals surface area (Å²) in [5, 5.41) is 14.8. The number of halogens is 1. The fourth-order valence-electron chi connectivity index (χ4n) is 5.08. The van der Waals surface area contributed by atoms with Gasteiger partial charge in [-0.2, -0.15) is 4.39 Å². The van der Waals surface area contributed by atoms with Gasteiger partial charge in [-0.3, -0.25) is 14.3 Å². The van der Waals surface area contributed by atoms with E-state index in [4.69, 9.17) is 15.0 Å². The summed E-state index contributed by atoms with van der Waals surface area (Å²) in [6.07, 6.45) is -2.93. The molecule has 2 N–H and O–H groups in total. The number of aromatic nitrogens is 2. The number of rotatable bonds is 8. The van der Waals surface area contributed by atoms with E-state index in [0.717, 1.165) is 27.5 Å². The number of aliphatic hydroxyl groups excluding tert-OH is 1. The highest BCUT2D eigenvalue weighted by Crippen LogP contribution is 2.41. The Labute approximate surface area is 227 Å². The topological polar surface area (TPSA) is 142 Å². The van der Waals surface area contributed by atoms with Crippen molar-refractivity contribution in [3.8, 4) is 0 Å². The molecule has 40 heavy (non-hydrogen) atoms. The molecule has 4 aromatic rings. The number of H-pyrrole nitrogens is 1. The Balaban J connectivity index is 1.57. The summed E-state index contributed by atoms with van der Waals surface area (Å²) in [6, 6.07) is 27.7. The van der Waals surface area contributed by atoms with Gasteiger partial charge in [0.1, 0.15) is 17.9 Å². The number of azide groups is 1. The third-order valence-electron chi connectivity index (χ3n) is 6.99. The van der Waals surface area contributed by atoms with Crippen LogP contribution >= 0.6 is 0 Å². The lowest BCUT2D eigenvalue weighted by Gasteiger charge is -2.41. The van der Waals surface area contributed by atoms with Gasteiger partial charge >= 0.3 is 5.69 Å². The second kappa shape index (κ2) is 11.7. The zero-order valence-electron chi connectivity index (χ0n) is 21.2. The molecule has 0 spiro atoms. The monoisotopic (exact) mass is 543 g/mol. The summed E-state index contributed by atoms with van der Waals surface area (Å²) >= 11 is 0. The fraction of sp³-hybridized carbons (Fsp3) is 0.241. The van der Waals surface area contributed by atoms with Crippen LogP contribution in [0.2, 0.25) is 0 Å². The highest BCUT2D eigenvalue weighted by atomic mass is 19.1. The van der Waals surface area contributed by atoms with Gasteiger partial charge in [0.2, 0.25) is 5.82 Å². The molecule has 204 valence electrons. The first-order chi connectivity index (χ1) is 19.4. The molecule has 0 amide bonds. The van der Waals surface area contributed by atoms with E-state index in [2.05, 4.69) is 10.0 Å². The number of nitrogens with zero attached hydrogens (tertiary/aromatic N) is 4. The highest BCUT2D eigenvalue weighted by molar-refractivity contribution is 5.47. The van der Waals surface area contributed by atoms with E-state index in [1.807, 2.05) is 96.0 Å². The second-order valence-corrected chi connectivity index (χ2v) is 9.36. The number of nitrogens with one attached hydrogen (secondary N) is 1. The Hall–Kier alpha value is -4.54. The summed E-state index contributed by atoms with van der Waals surface area (Å²) in [5.41, 5.74) is 8.38. The van der Waals surface area contributed by atoms with E-state index in [0.29, 0.717) is 0 Å². The van der Waals surface area contributed by atoms with Crippen LogP contribution in [0.15, 0.2) is 112 Å². The van der Waals surface area contributed by atoms with Crippen LogP contribution in [0, 0.1) is 5.82 Å². The van der Waals surface area contributed by atoms with Crippen molar-refractivity contribution in [1.29, 1.82) is 0 Å². The van der Waals surface area contributed by atoms with Crippen molar-refractivity contribution in [2.24, 2.45) is 5.11 Å². The minimum Gasteiger partial charge on any atom is -0.390 e. The van der Waals surface area contributed by atoms with Gasteiger partial charge in [0.25, 0.3) is 5.56 Å². The molecule has 1 aliphatic heterocycles. The molecule has 1 aliphatic rings. The Morgan fingerprint density at radius 2 is 1.52 bits per heavy atom. The first-order valence-electron chi connectivity index (χ1n) is 12.6. The quantitative estimate of drug-likeness (QED) is 0.149. The fourth-order valence-corrected chi connectivity index (χ4v) is 5.08. The number of aliphatic hydroxyl groups is 1. The Morgan fingerprint density at radius 1 is 1.00 bits per heavy atom. The van der Waals surface area contributed by atoms with Crippen LogP contribution in [0.1, 0.15) is 29.3 Å². The molecule has 5 rings (SSSR count). The summed E-state index contributed by atoms with van der Waals surface area (Å²) in [4.78, 5) is 28.8. The molecule has 3 aromatic carbocycles. The third kappa shape index (κ3) is 5.18. The van der Waals surface area contributed by atoms with Crippen molar-refractivity contribution in [2.75, 3.05) is 6.61 Å². The van der Waals surface area contributed by atoms with Crippen LogP contribution in [0.5, 0.6) is 0 Å². The molecule has 0 unspecified atom stereocenters. The normalized spacial score (nSPS) is 20.9. The van der Waals surface area contributed by atoms with Crippen molar-refractivity contribution in [3.05, 3.63) is 151 Å². The van der Waals surface area contributed by atoms with Gasteiger partial charge in [0.15, 0.2) is 0 Å². The number of ether oxygens (including phenoxy) is 2. The molecule has 0 aliphatic carbocycles. The maximum atomic E-state index is 14.1. The van der Waals surface area contributed by atoms with Crippen molar-refractivity contribution in [3.63, 3.8) is 0 Å². The van der Waals surface area contributed by atoms with Gasteiger partial charge < -0.3 is 14.6 Å². The lowest BCUT2D eigenvalue weighted by Crippen LogP contribution is -2.51. The Bertz CT molecular complexity index is 1510. The molecule has 2 heterocycles. The summed E-state index contributed by atoms with van der Waals surface area (Å²) in [7, 11) is 0. The molecule has 0 saturated carbocycles.